The lowest BCUT2D eigenvalue weighted by Gasteiger charge is -2.07. The van der Waals surface area contributed by atoms with Crippen molar-refractivity contribution < 1.29 is 22.7 Å². The minimum atomic E-state index is -3.80. The van der Waals surface area contributed by atoms with Gasteiger partial charge in [0, 0.05) is 22.7 Å². The SMILES string of the molecule is COc1cc(-c2nc(-c3cn(S(=O)(=O)c4ccccc4)c4ccccc34)co2)ccc1O. The van der Waals surface area contributed by atoms with Crippen molar-refractivity contribution in [2.75, 3.05) is 7.11 Å². The number of aromatic nitrogens is 2. The lowest BCUT2D eigenvalue weighted by atomic mass is 10.1. The number of para-hydroxylation sites is 1. The molecule has 0 amide bonds. The lowest BCUT2D eigenvalue weighted by Crippen LogP contribution is -2.11. The maximum absolute atomic E-state index is 13.3. The normalized spacial score (nSPS) is 11.7. The molecule has 3 aromatic carbocycles. The number of ether oxygens (including phenoxy) is 1. The third-order valence-corrected chi connectivity index (χ3v) is 6.87. The molecule has 0 atom stereocenters. The van der Waals surface area contributed by atoms with Gasteiger partial charge in [0.15, 0.2) is 11.5 Å². The van der Waals surface area contributed by atoms with Crippen molar-refractivity contribution in [3.8, 4) is 34.2 Å². The van der Waals surface area contributed by atoms with E-state index in [1.165, 1.54) is 23.4 Å². The van der Waals surface area contributed by atoms with Gasteiger partial charge in [-0.2, -0.15) is 0 Å². The Morgan fingerprint density at radius 2 is 1.75 bits per heavy atom. The molecule has 2 aromatic heterocycles. The summed E-state index contributed by atoms with van der Waals surface area (Å²) in [5.74, 6) is 0.631. The van der Waals surface area contributed by atoms with E-state index in [9.17, 15) is 13.5 Å². The molecule has 0 saturated heterocycles. The van der Waals surface area contributed by atoms with Crippen LogP contribution in [0, 0.1) is 0 Å². The molecular weight excluding hydrogens is 428 g/mol. The minimum Gasteiger partial charge on any atom is -0.504 e. The van der Waals surface area contributed by atoms with Gasteiger partial charge in [0.2, 0.25) is 5.89 Å². The van der Waals surface area contributed by atoms with Gasteiger partial charge in [-0.1, -0.05) is 36.4 Å². The molecule has 2 heterocycles. The molecule has 5 rings (SSSR count). The first kappa shape index (κ1) is 19.9. The number of benzene rings is 3. The van der Waals surface area contributed by atoms with E-state index < -0.39 is 10.0 Å². The number of nitrogens with zero attached hydrogens (tertiary/aromatic N) is 2. The van der Waals surface area contributed by atoms with Crippen molar-refractivity contribution >= 4 is 20.9 Å². The zero-order chi connectivity index (χ0) is 22.3. The number of phenols is 1. The van der Waals surface area contributed by atoms with Crippen molar-refractivity contribution in [2.24, 2.45) is 0 Å². The molecule has 0 radical (unpaired) electrons. The molecule has 0 saturated carbocycles. The van der Waals surface area contributed by atoms with Crippen molar-refractivity contribution in [2.45, 2.75) is 4.90 Å². The second-order valence-corrected chi connectivity index (χ2v) is 8.91. The molecule has 0 bridgehead atoms. The Labute approximate surface area is 184 Å². The summed E-state index contributed by atoms with van der Waals surface area (Å²) < 4.78 is 38.7. The van der Waals surface area contributed by atoms with Gasteiger partial charge < -0.3 is 14.3 Å². The molecule has 160 valence electrons. The number of methoxy groups -OCH3 is 1. The van der Waals surface area contributed by atoms with E-state index in [2.05, 4.69) is 4.98 Å². The van der Waals surface area contributed by atoms with E-state index >= 15 is 0 Å². The second-order valence-electron chi connectivity index (χ2n) is 7.10. The van der Waals surface area contributed by atoms with Gasteiger partial charge in [-0.3, -0.25) is 0 Å². The summed E-state index contributed by atoms with van der Waals surface area (Å²) in [4.78, 5) is 4.76. The van der Waals surface area contributed by atoms with Crippen molar-refractivity contribution in [3.63, 3.8) is 0 Å². The molecule has 8 heteroatoms. The number of hydrogen-bond acceptors (Lipinski definition) is 6. The van der Waals surface area contributed by atoms with Gasteiger partial charge in [0.25, 0.3) is 10.0 Å². The predicted octanol–water partition coefficient (Wildman–Crippen LogP) is 4.91. The van der Waals surface area contributed by atoms with E-state index in [0.29, 0.717) is 34.0 Å². The minimum absolute atomic E-state index is 0.0113. The second kappa shape index (κ2) is 7.58. The number of rotatable bonds is 5. The highest BCUT2D eigenvalue weighted by atomic mass is 32.2. The summed E-state index contributed by atoms with van der Waals surface area (Å²) in [6.07, 6.45) is 3.04. The fourth-order valence-electron chi connectivity index (χ4n) is 3.60. The molecule has 7 nitrogen and oxygen atoms in total. The molecule has 1 N–H and O–H groups in total. The first-order chi connectivity index (χ1) is 15.5. The number of hydrogen-bond donors (Lipinski definition) is 1. The molecule has 32 heavy (non-hydrogen) atoms. The Kier molecular flexibility index (Phi) is 4.71. The summed E-state index contributed by atoms with van der Waals surface area (Å²) in [5, 5.41) is 10.6. The summed E-state index contributed by atoms with van der Waals surface area (Å²) in [7, 11) is -2.34. The average molecular weight is 446 g/mol. The van der Waals surface area contributed by atoms with Gasteiger partial charge >= 0.3 is 0 Å². The van der Waals surface area contributed by atoms with Crippen molar-refractivity contribution in [3.05, 3.63) is 85.3 Å². The smallest absolute Gasteiger partial charge is 0.268 e. The molecule has 0 fully saturated rings. The summed E-state index contributed by atoms with van der Waals surface area (Å²) in [5.41, 5.74) is 2.28. The van der Waals surface area contributed by atoms with Crippen LogP contribution in [-0.2, 0) is 10.0 Å². The number of aromatic hydroxyl groups is 1. The van der Waals surface area contributed by atoms with Crippen LogP contribution < -0.4 is 4.74 Å². The van der Waals surface area contributed by atoms with E-state index in [1.54, 1.807) is 60.8 Å². The third-order valence-electron chi connectivity index (χ3n) is 5.18. The van der Waals surface area contributed by atoms with Crippen LogP contribution in [0.5, 0.6) is 11.5 Å². The highest BCUT2D eigenvalue weighted by Gasteiger charge is 2.23. The van der Waals surface area contributed by atoms with Crippen LogP contribution in [0.4, 0.5) is 0 Å². The van der Waals surface area contributed by atoms with Crippen molar-refractivity contribution in [1.29, 1.82) is 0 Å². The number of phenolic OH excluding ortho intramolecular Hbond substituents is 1. The average Bonchev–Trinajstić information content (AvgIpc) is 3.45. The Bertz CT molecular complexity index is 1540. The maximum atomic E-state index is 13.3. The Hall–Kier alpha value is -4.04. The van der Waals surface area contributed by atoms with E-state index in [4.69, 9.17) is 9.15 Å². The van der Waals surface area contributed by atoms with Crippen LogP contribution in [0.15, 0.2) is 94.6 Å². The van der Waals surface area contributed by atoms with Crippen LogP contribution in [0.1, 0.15) is 0 Å². The summed E-state index contributed by atoms with van der Waals surface area (Å²) in [6, 6.07) is 20.3. The summed E-state index contributed by atoms with van der Waals surface area (Å²) in [6.45, 7) is 0. The van der Waals surface area contributed by atoms with E-state index in [0.717, 1.165) is 5.39 Å². The van der Waals surface area contributed by atoms with Gasteiger partial charge in [-0.25, -0.2) is 17.4 Å². The third kappa shape index (κ3) is 3.21. The zero-order valence-electron chi connectivity index (χ0n) is 17.0. The number of oxazole rings is 1. The maximum Gasteiger partial charge on any atom is 0.268 e. The topological polar surface area (TPSA) is 94.6 Å². The van der Waals surface area contributed by atoms with Gasteiger partial charge in [-0.15, -0.1) is 0 Å². The lowest BCUT2D eigenvalue weighted by molar-refractivity contribution is 0.373. The zero-order valence-corrected chi connectivity index (χ0v) is 17.8. The Balaban J connectivity index is 1.64. The van der Waals surface area contributed by atoms with Gasteiger partial charge in [0.05, 0.1) is 17.5 Å². The van der Waals surface area contributed by atoms with E-state index in [1.807, 2.05) is 12.1 Å². The highest BCUT2D eigenvalue weighted by molar-refractivity contribution is 7.90. The monoisotopic (exact) mass is 446 g/mol. The fraction of sp³-hybridized carbons (Fsp3) is 0.0417. The van der Waals surface area contributed by atoms with Crippen LogP contribution in [0.25, 0.3) is 33.6 Å². The first-order valence-corrected chi connectivity index (χ1v) is 11.2. The predicted molar refractivity (Wildman–Crippen MR) is 120 cm³/mol. The Morgan fingerprint density at radius 1 is 1.00 bits per heavy atom. The molecular formula is C24H18N2O5S. The molecule has 0 spiro atoms. The quantitative estimate of drug-likeness (QED) is 0.412. The van der Waals surface area contributed by atoms with Crippen LogP contribution in [0.3, 0.4) is 0 Å². The number of fused-ring (bicyclic) bond motifs is 1. The van der Waals surface area contributed by atoms with Crippen LogP contribution >= 0.6 is 0 Å². The highest BCUT2D eigenvalue weighted by Crippen LogP contribution is 2.35. The van der Waals surface area contributed by atoms with Gasteiger partial charge in [0.1, 0.15) is 12.0 Å². The fourth-order valence-corrected chi connectivity index (χ4v) is 4.99. The van der Waals surface area contributed by atoms with Crippen LogP contribution in [-0.4, -0.2) is 29.6 Å². The molecule has 0 aliphatic heterocycles. The first-order valence-electron chi connectivity index (χ1n) is 9.73. The molecule has 5 aromatic rings. The summed E-state index contributed by atoms with van der Waals surface area (Å²) >= 11 is 0. The van der Waals surface area contributed by atoms with Crippen molar-refractivity contribution in [1.82, 2.24) is 8.96 Å². The Morgan fingerprint density at radius 3 is 2.53 bits per heavy atom. The molecule has 0 unspecified atom stereocenters. The standard InChI is InChI=1S/C24H18N2O5S/c1-30-23-13-16(11-12-22(23)27)24-25-20(15-31-24)19-14-26(21-10-6-5-9-18(19)21)32(28,29)17-7-3-2-4-8-17/h2-15,27H,1H3. The largest absolute Gasteiger partial charge is 0.504 e. The van der Waals surface area contributed by atoms with Crippen LogP contribution in [0.2, 0.25) is 0 Å². The molecule has 0 aliphatic carbocycles. The van der Waals surface area contributed by atoms with Gasteiger partial charge in [-0.05, 0) is 36.4 Å². The van der Waals surface area contributed by atoms with E-state index in [-0.39, 0.29) is 10.6 Å². The molecule has 0 aliphatic rings.